The van der Waals surface area contributed by atoms with Crippen molar-refractivity contribution in [1.29, 1.82) is 5.26 Å². The van der Waals surface area contributed by atoms with E-state index in [1.807, 2.05) is 6.92 Å². The Morgan fingerprint density at radius 3 is 2.53 bits per heavy atom. The van der Waals surface area contributed by atoms with Gasteiger partial charge in [-0.2, -0.15) is 5.26 Å². The monoisotopic (exact) mass is 272 g/mol. The summed E-state index contributed by atoms with van der Waals surface area (Å²) in [6, 6.07) is 2.32. The van der Waals surface area contributed by atoms with Crippen LogP contribution in [-0.2, 0) is 0 Å². The van der Waals surface area contributed by atoms with Crippen LogP contribution in [0.1, 0.15) is 33.1 Å². The molecular formula is C12H21BrN2. The summed E-state index contributed by atoms with van der Waals surface area (Å²) in [6.45, 7) is 7.32. The highest BCUT2D eigenvalue weighted by atomic mass is 79.9. The molecule has 0 radical (unpaired) electrons. The molecule has 1 fully saturated rings. The van der Waals surface area contributed by atoms with E-state index < -0.39 is 0 Å². The molecule has 0 bridgehead atoms. The van der Waals surface area contributed by atoms with Crippen LogP contribution in [0.15, 0.2) is 0 Å². The van der Waals surface area contributed by atoms with Gasteiger partial charge in [0.25, 0.3) is 0 Å². The molecule has 15 heavy (non-hydrogen) atoms. The molecule has 1 aliphatic rings. The summed E-state index contributed by atoms with van der Waals surface area (Å²) in [5, 5.41) is 9.93. The molecule has 0 heterocycles. The Morgan fingerprint density at radius 1 is 1.53 bits per heavy atom. The second kappa shape index (κ2) is 5.86. The van der Waals surface area contributed by atoms with Crippen LogP contribution < -0.4 is 0 Å². The summed E-state index contributed by atoms with van der Waals surface area (Å²) >= 11 is 3.63. The fraction of sp³-hybridized carbons (Fsp3) is 0.917. The summed E-state index contributed by atoms with van der Waals surface area (Å²) in [5.41, 5.74) is 0.505. The molecule has 1 saturated carbocycles. The standard InChI is InChI=1S/C12H21BrN2/c1-3-15(8-11(2)7-14)10-12(9-13)5-4-6-12/h11H,3-6,8-10H2,1-2H3. The number of rotatable bonds is 6. The lowest BCUT2D eigenvalue weighted by atomic mass is 9.70. The lowest BCUT2D eigenvalue weighted by Gasteiger charge is -2.44. The highest BCUT2D eigenvalue weighted by Crippen LogP contribution is 2.43. The molecule has 0 amide bonds. The molecule has 0 saturated heterocycles. The summed E-state index contributed by atoms with van der Waals surface area (Å²) in [7, 11) is 0. The fourth-order valence-corrected chi connectivity index (χ4v) is 2.96. The summed E-state index contributed by atoms with van der Waals surface area (Å²) in [4.78, 5) is 2.42. The highest BCUT2D eigenvalue weighted by Gasteiger charge is 2.37. The third-order valence-electron chi connectivity index (χ3n) is 3.46. The zero-order chi connectivity index (χ0) is 11.3. The number of alkyl halides is 1. The molecule has 0 N–H and O–H groups in total. The van der Waals surface area contributed by atoms with E-state index in [1.165, 1.54) is 19.3 Å². The number of halogens is 1. The largest absolute Gasteiger partial charge is 0.302 e. The molecule has 86 valence electrons. The van der Waals surface area contributed by atoms with E-state index in [2.05, 4.69) is 33.8 Å². The average Bonchev–Trinajstić information content (AvgIpc) is 2.21. The number of hydrogen-bond donors (Lipinski definition) is 0. The van der Waals surface area contributed by atoms with Crippen molar-refractivity contribution in [3.8, 4) is 6.07 Å². The van der Waals surface area contributed by atoms with Gasteiger partial charge < -0.3 is 4.90 Å². The molecule has 0 aromatic rings. The van der Waals surface area contributed by atoms with Gasteiger partial charge in [-0.25, -0.2) is 0 Å². The minimum absolute atomic E-state index is 0.150. The van der Waals surface area contributed by atoms with Gasteiger partial charge in [0, 0.05) is 18.4 Å². The molecule has 1 aliphatic carbocycles. The summed E-state index contributed by atoms with van der Waals surface area (Å²) < 4.78 is 0. The Kier molecular flexibility index (Phi) is 5.08. The van der Waals surface area contributed by atoms with Crippen LogP contribution in [0, 0.1) is 22.7 Å². The lowest BCUT2D eigenvalue weighted by Crippen LogP contribution is -2.44. The van der Waals surface area contributed by atoms with E-state index in [-0.39, 0.29) is 5.92 Å². The molecule has 0 aromatic carbocycles. The van der Waals surface area contributed by atoms with E-state index in [4.69, 9.17) is 5.26 Å². The maximum atomic E-state index is 8.82. The fourth-order valence-electron chi connectivity index (χ4n) is 2.22. The topological polar surface area (TPSA) is 27.0 Å². The van der Waals surface area contributed by atoms with Gasteiger partial charge in [-0.05, 0) is 31.7 Å². The van der Waals surface area contributed by atoms with Crippen molar-refractivity contribution in [3.63, 3.8) is 0 Å². The van der Waals surface area contributed by atoms with Crippen LogP contribution in [0.2, 0.25) is 0 Å². The minimum atomic E-state index is 0.150. The van der Waals surface area contributed by atoms with Crippen molar-refractivity contribution in [1.82, 2.24) is 4.90 Å². The second-order valence-electron chi connectivity index (χ2n) is 4.85. The molecule has 0 aliphatic heterocycles. The zero-order valence-corrected chi connectivity index (χ0v) is 11.4. The number of nitrogens with zero attached hydrogens (tertiary/aromatic N) is 2. The Balaban J connectivity index is 2.42. The van der Waals surface area contributed by atoms with E-state index in [1.54, 1.807) is 0 Å². The van der Waals surface area contributed by atoms with Gasteiger partial charge in [0.2, 0.25) is 0 Å². The molecule has 1 rings (SSSR count). The second-order valence-corrected chi connectivity index (χ2v) is 5.41. The van der Waals surface area contributed by atoms with E-state index in [0.717, 1.165) is 25.0 Å². The zero-order valence-electron chi connectivity index (χ0n) is 9.80. The third kappa shape index (κ3) is 3.46. The molecule has 0 aromatic heterocycles. The smallest absolute Gasteiger partial charge is 0.0666 e. The first-order chi connectivity index (χ1) is 7.15. The van der Waals surface area contributed by atoms with E-state index in [0.29, 0.717) is 5.41 Å². The Hall–Kier alpha value is -0.0700. The molecule has 2 nitrogen and oxygen atoms in total. The van der Waals surface area contributed by atoms with Gasteiger partial charge in [-0.1, -0.05) is 29.3 Å². The summed E-state index contributed by atoms with van der Waals surface area (Å²) in [6.07, 6.45) is 4.06. The van der Waals surface area contributed by atoms with Crippen molar-refractivity contribution in [2.24, 2.45) is 11.3 Å². The SMILES string of the molecule is CCN(CC(C)C#N)CC1(CBr)CCC1. The quantitative estimate of drug-likeness (QED) is 0.695. The Labute approximate surface area is 102 Å². The first kappa shape index (κ1) is 13.0. The van der Waals surface area contributed by atoms with Crippen LogP contribution in [0.5, 0.6) is 0 Å². The van der Waals surface area contributed by atoms with Crippen LogP contribution in [0.3, 0.4) is 0 Å². The van der Waals surface area contributed by atoms with Crippen molar-refractivity contribution < 1.29 is 0 Å². The van der Waals surface area contributed by atoms with Gasteiger partial charge in [-0.15, -0.1) is 0 Å². The maximum absolute atomic E-state index is 8.82. The molecular weight excluding hydrogens is 252 g/mol. The average molecular weight is 273 g/mol. The molecule has 0 spiro atoms. The first-order valence-corrected chi connectivity index (χ1v) is 6.96. The maximum Gasteiger partial charge on any atom is 0.0666 e. The van der Waals surface area contributed by atoms with E-state index in [9.17, 15) is 0 Å². The number of hydrogen-bond acceptors (Lipinski definition) is 2. The number of nitriles is 1. The summed E-state index contributed by atoms with van der Waals surface area (Å²) in [5.74, 6) is 0.150. The normalized spacial score (nSPS) is 20.7. The predicted molar refractivity (Wildman–Crippen MR) is 67.0 cm³/mol. The molecule has 1 atom stereocenters. The van der Waals surface area contributed by atoms with Crippen LogP contribution >= 0.6 is 15.9 Å². The van der Waals surface area contributed by atoms with Crippen molar-refractivity contribution in [3.05, 3.63) is 0 Å². The van der Waals surface area contributed by atoms with Crippen LogP contribution in [0.4, 0.5) is 0 Å². The third-order valence-corrected chi connectivity index (χ3v) is 4.65. The van der Waals surface area contributed by atoms with Crippen molar-refractivity contribution in [2.45, 2.75) is 33.1 Å². The van der Waals surface area contributed by atoms with Gasteiger partial charge in [-0.3, -0.25) is 0 Å². The van der Waals surface area contributed by atoms with Crippen LogP contribution in [-0.4, -0.2) is 29.9 Å². The van der Waals surface area contributed by atoms with Gasteiger partial charge in [0.05, 0.1) is 12.0 Å². The first-order valence-electron chi connectivity index (χ1n) is 5.84. The van der Waals surface area contributed by atoms with Gasteiger partial charge in [0.1, 0.15) is 0 Å². The van der Waals surface area contributed by atoms with Gasteiger partial charge >= 0.3 is 0 Å². The Bertz CT molecular complexity index is 225. The Morgan fingerprint density at radius 2 is 2.20 bits per heavy atom. The van der Waals surface area contributed by atoms with Crippen molar-refractivity contribution in [2.75, 3.05) is 25.0 Å². The molecule has 3 heteroatoms. The lowest BCUT2D eigenvalue weighted by molar-refractivity contribution is 0.0899. The molecule has 1 unspecified atom stereocenters. The van der Waals surface area contributed by atoms with Crippen LogP contribution in [0.25, 0.3) is 0 Å². The predicted octanol–water partition coefficient (Wildman–Crippen LogP) is 3.03. The van der Waals surface area contributed by atoms with E-state index >= 15 is 0 Å². The highest BCUT2D eigenvalue weighted by molar-refractivity contribution is 9.09. The van der Waals surface area contributed by atoms with Gasteiger partial charge in [0.15, 0.2) is 0 Å². The minimum Gasteiger partial charge on any atom is -0.302 e. The van der Waals surface area contributed by atoms with Crippen molar-refractivity contribution >= 4 is 15.9 Å².